The topological polar surface area (TPSA) is 125 Å². The predicted molar refractivity (Wildman–Crippen MR) is 123 cm³/mol. The van der Waals surface area contributed by atoms with E-state index in [4.69, 9.17) is 24.5 Å². The standard InChI is InChI=1S/C20H24N4OS.C2H2O4/c1-15-22-19(21-8-5-9-24-10-12-25-13-11-24)17-14-18(26-20(17)23-15)16-6-3-2-4-7-16;3-1(4)2(5)6/h2-4,6-7,14H,5,8-13H2,1H3,(H,21,22,23);(H,3,4)(H,5,6). The van der Waals surface area contributed by atoms with Crippen molar-refractivity contribution in [2.45, 2.75) is 13.3 Å². The molecule has 170 valence electrons. The number of ether oxygens (including phenoxy) is 1. The SMILES string of the molecule is Cc1nc(NCCCN2CCOCC2)c2cc(-c3ccccc3)sc2n1.O=C(O)C(=O)O. The van der Waals surface area contributed by atoms with Crippen LogP contribution in [0.2, 0.25) is 0 Å². The molecule has 1 aliphatic heterocycles. The fraction of sp³-hybridized carbons (Fsp3) is 0.364. The Kier molecular flexibility index (Phi) is 8.48. The van der Waals surface area contributed by atoms with Crippen molar-refractivity contribution < 1.29 is 24.5 Å². The quantitative estimate of drug-likeness (QED) is 0.378. The summed E-state index contributed by atoms with van der Waals surface area (Å²) >= 11 is 1.73. The molecule has 0 amide bonds. The van der Waals surface area contributed by atoms with Gasteiger partial charge in [-0.25, -0.2) is 19.6 Å². The lowest BCUT2D eigenvalue weighted by Gasteiger charge is -2.26. The Morgan fingerprint density at radius 1 is 1.12 bits per heavy atom. The van der Waals surface area contributed by atoms with Gasteiger partial charge in [-0.1, -0.05) is 30.3 Å². The first-order valence-corrected chi connectivity index (χ1v) is 11.1. The average Bonchev–Trinajstić information content (AvgIpc) is 3.22. The summed E-state index contributed by atoms with van der Waals surface area (Å²) in [5, 5.41) is 19.4. The van der Waals surface area contributed by atoms with E-state index in [0.717, 1.165) is 67.7 Å². The van der Waals surface area contributed by atoms with Crippen LogP contribution < -0.4 is 5.32 Å². The Hall–Kier alpha value is -3.08. The number of aliphatic carboxylic acids is 2. The van der Waals surface area contributed by atoms with E-state index >= 15 is 0 Å². The number of hydrogen-bond acceptors (Lipinski definition) is 8. The van der Waals surface area contributed by atoms with Gasteiger partial charge < -0.3 is 20.3 Å². The number of rotatable bonds is 6. The maximum atomic E-state index is 9.10. The van der Waals surface area contributed by atoms with Gasteiger partial charge in [0.1, 0.15) is 16.5 Å². The Morgan fingerprint density at radius 3 is 2.47 bits per heavy atom. The number of fused-ring (bicyclic) bond motifs is 1. The molecule has 10 heteroatoms. The van der Waals surface area contributed by atoms with Crippen molar-refractivity contribution in [3.8, 4) is 10.4 Å². The lowest BCUT2D eigenvalue weighted by Crippen LogP contribution is -2.37. The fourth-order valence-corrected chi connectivity index (χ4v) is 4.32. The Labute approximate surface area is 189 Å². The second-order valence-corrected chi connectivity index (χ2v) is 8.19. The van der Waals surface area contributed by atoms with Gasteiger partial charge in [0.05, 0.1) is 18.6 Å². The molecule has 0 aliphatic carbocycles. The number of nitrogens with one attached hydrogen (secondary N) is 1. The summed E-state index contributed by atoms with van der Waals surface area (Å²) in [7, 11) is 0. The van der Waals surface area contributed by atoms with E-state index in [0.29, 0.717) is 0 Å². The third kappa shape index (κ3) is 6.71. The van der Waals surface area contributed by atoms with E-state index in [1.165, 1.54) is 10.4 Å². The van der Waals surface area contributed by atoms with Gasteiger partial charge in [-0.15, -0.1) is 11.3 Å². The highest BCUT2D eigenvalue weighted by Gasteiger charge is 2.12. The fourth-order valence-electron chi connectivity index (χ4n) is 3.24. The summed E-state index contributed by atoms with van der Waals surface area (Å²) in [6.07, 6.45) is 1.10. The molecule has 0 spiro atoms. The van der Waals surface area contributed by atoms with Crippen molar-refractivity contribution in [1.82, 2.24) is 14.9 Å². The molecule has 3 N–H and O–H groups in total. The zero-order valence-electron chi connectivity index (χ0n) is 17.8. The summed E-state index contributed by atoms with van der Waals surface area (Å²) in [5.74, 6) is -1.88. The smallest absolute Gasteiger partial charge is 0.414 e. The van der Waals surface area contributed by atoms with E-state index in [9.17, 15) is 0 Å². The van der Waals surface area contributed by atoms with Gasteiger partial charge in [0.2, 0.25) is 0 Å². The van der Waals surface area contributed by atoms with E-state index in [-0.39, 0.29) is 0 Å². The summed E-state index contributed by atoms with van der Waals surface area (Å²) in [5.41, 5.74) is 1.23. The van der Waals surface area contributed by atoms with Crippen LogP contribution in [0.1, 0.15) is 12.2 Å². The second-order valence-electron chi connectivity index (χ2n) is 7.16. The molecule has 1 aromatic carbocycles. The molecule has 0 saturated carbocycles. The maximum Gasteiger partial charge on any atom is 0.414 e. The van der Waals surface area contributed by atoms with Crippen LogP contribution >= 0.6 is 11.3 Å². The minimum absolute atomic E-state index is 0.814. The van der Waals surface area contributed by atoms with Gasteiger partial charge in [0.25, 0.3) is 0 Å². The lowest BCUT2D eigenvalue weighted by molar-refractivity contribution is -0.159. The maximum absolute atomic E-state index is 9.10. The summed E-state index contributed by atoms with van der Waals surface area (Å²) in [6.45, 7) is 7.78. The molecule has 0 unspecified atom stereocenters. The number of carbonyl (C=O) groups is 2. The second kappa shape index (κ2) is 11.5. The molecule has 0 radical (unpaired) electrons. The molecule has 1 fully saturated rings. The number of nitrogens with zero attached hydrogens (tertiary/aromatic N) is 3. The van der Waals surface area contributed by atoms with Gasteiger partial charge in [-0.3, -0.25) is 4.90 Å². The third-order valence-corrected chi connectivity index (χ3v) is 5.87. The molecule has 1 saturated heterocycles. The number of hydrogen-bond donors (Lipinski definition) is 3. The Balaban J connectivity index is 0.000000427. The minimum atomic E-state index is -1.82. The van der Waals surface area contributed by atoms with Crippen molar-refractivity contribution in [1.29, 1.82) is 0 Å². The van der Waals surface area contributed by atoms with Crippen molar-refractivity contribution in [3.63, 3.8) is 0 Å². The first-order valence-electron chi connectivity index (χ1n) is 10.3. The largest absolute Gasteiger partial charge is 0.473 e. The number of thiophene rings is 1. The predicted octanol–water partition coefficient (Wildman–Crippen LogP) is 2.96. The molecular weight excluding hydrogens is 432 g/mol. The van der Waals surface area contributed by atoms with Crippen LogP contribution in [0.4, 0.5) is 5.82 Å². The molecule has 4 rings (SSSR count). The summed E-state index contributed by atoms with van der Waals surface area (Å²) < 4.78 is 5.40. The van der Waals surface area contributed by atoms with Crippen LogP contribution in [0, 0.1) is 6.92 Å². The zero-order chi connectivity index (χ0) is 22.9. The number of carboxylic acid groups (broad SMARTS) is 2. The number of morpholine rings is 1. The monoisotopic (exact) mass is 458 g/mol. The Morgan fingerprint density at radius 2 is 1.81 bits per heavy atom. The lowest BCUT2D eigenvalue weighted by atomic mass is 10.2. The highest BCUT2D eigenvalue weighted by Crippen LogP contribution is 2.35. The van der Waals surface area contributed by atoms with Crippen LogP contribution in [-0.2, 0) is 14.3 Å². The first kappa shape index (κ1) is 23.6. The average molecular weight is 459 g/mol. The van der Waals surface area contributed by atoms with Gasteiger partial charge in [-0.2, -0.15) is 0 Å². The van der Waals surface area contributed by atoms with Crippen molar-refractivity contribution in [2.75, 3.05) is 44.7 Å². The van der Waals surface area contributed by atoms with Crippen LogP contribution in [-0.4, -0.2) is 76.4 Å². The number of aryl methyl sites for hydroxylation is 1. The molecule has 0 atom stereocenters. The summed E-state index contributed by atoms with van der Waals surface area (Å²) in [6, 6.07) is 12.7. The van der Waals surface area contributed by atoms with Crippen LogP contribution in [0.5, 0.6) is 0 Å². The van der Waals surface area contributed by atoms with Crippen molar-refractivity contribution >= 4 is 39.3 Å². The summed E-state index contributed by atoms with van der Waals surface area (Å²) in [4.78, 5) is 32.2. The number of anilines is 1. The van der Waals surface area contributed by atoms with Gasteiger partial charge >= 0.3 is 11.9 Å². The highest BCUT2D eigenvalue weighted by molar-refractivity contribution is 7.21. The molecular formula is C22H26N4O5S. The normalized spacial score (nSPS) is 13.9. The number of carboxylic acids is 2. The number of benzene rings is 1. The van der Waals surface area contributed by atoms with E-state index in [1.807, 2.05) is 13.0 Å². The Bertz CT molecular complexity index is 1040. The highest BCUT2D eigenvalue weighted by atomic mass is 32.1. The first-order chi connectivity index (χ1) is 15.4. The molecule has 1 aliphatic rings. The van der Waals surface area contributed by atoms with E-state index < -0.39 is 11.9 Å². The number of aromatic nitrogens is 2. The van der Waals surface area contributed by atoms with E-state index in [2.05, 4.69) is 50.5 Å². The minimum Gasteiger partial charge on any atom is -0.473 e. The van der Waals surface area contributed by atoms with Gasteiger partial charge in [-0.05, 0) is 31.5 Å². The zero-order valence-corrected chi connectivity index (χ0v) is 18.6. The van der Waals surface area contributed by atoms with E-state index in [1.54, 1.807) is 11.3 Å². The van der Waals surface area contributed by atoms with Crippen LogP contribution in [0.25, 0.3) is 20.7 Å². The third-order valence-electron chi connectivity index (χ3n) is 4.79. The molecule has 2 aromatic heterocycles. The van der Waals surface area contributed by atoms with Crippen molar-refractivity contribution in [2.24, 2.45) is 0 Å². The van der Waals surface area contributed by atoms with Gasteiger partial charge in [0, 0.05) is 24.5 Å². The van der Waals surface area contributed by atoms with Crippen LogP contribution in [0.3, 0.4) is 0 Å². The van der Waals surface area contributed by atoms with Gasteiger partial charge in [0.15, 0.2) is 0 Å². The molecule has 9 nitrogen and oxygen atoms in total. The van der Waals surface area contributed by atoms with Crippen molar-refractivity contribution in [3.05, 3.63) is 42.2 Å². The molecule has 32 heavy (non-hydrogen) atoms. The molecule has 0 bridgehead atoms. The van der Waals surface area contributed by atoms with Crippen LogP contribution in [0.15, 0.2) is 36.4 Å². The molecule has 3 heterocycles. The molecule has 3 aromatic rings.